The Labute approximate surface area is 200 Å². The number of amides is 3. The molecule has 0 aromatic heterocycles. The van der Waals surface area contributed by atoms with Crippen LogP contribution in [-0.4, -0.2) is 81.7 Å². The quantitative estimate of drug-likeness (QED) is 0.158. The van der Waals surface area contributed by atoms with Crippen LogP contribution in [0.1, 0.15) is 24.8 Å². The van der Waals surface area contributed by atoms with Crippen LogP contribution in [-0.2, 0) is 30.4 Å². The number of carbonyl (C=O) groups is 5. The van der Waals surface area contributed by atoms with E-state index in [1.165, 1.54) is 23.9 Å². The van der Waals surface area contributed by atoms with Crippen molar-refractivity contribution >= 4 is 41.4 Å². The number of nitrogens with one attached hydrogen (secondary N) is 3. The Bertz CT molecular complexity index is 865. The van der Waals surface area contributed by atoms with E-state index in [4.69, 9.17) is 15.9 Å². The van der Waals surface area contributed by atoms with Crippen LogP contribution < -0.4 is 21.7 Å². The van der Waals surface area contributed by atoms with Crippen LogP contribution in [0.4, 0.5) is 0 Å². The van der Waals surface area contributed by atoms with E-state index in [1.807, 2.05) is 6.26 Å². The van der Waals surface area contributed by atoms with Gasteiger partial charge in [-0.25, -0.2) is 4.79 Å². The molecular weight excluding hydrogens is 468 g/mol. The van der Waals surface area contributed by atoms with E-state index in [9.17, 15) is 29.1 Å². The number of carboxylic acids is 2. The second-order valence-electron chi connectivity index (χ2n) is 7.43. The minimum Gasteiger partial charge on any atom is -0.508 e. The van der Waals surface area contributed by atoms with Gasteiger partial charge >= 0.3 is 11.9 Å². The third-order valence-electron chi connectivity index (χ3n) is 4.68. The lowest BCUT2D eigenvalue weighted by Gasteiger charge is -2.21. The molecule has 3 amide bonds. The van der Waals surface area contributed by atoms with E-state index in [0.29, 0.717) is 5.75 Å². The molecule has 3 atom stereocenters. The van der Waals surface area contributed by atoms with Gasteiger partial charge in [0.1, 0.15) is 17.8 Å². The second-order valence-corrected chi connectivity index (χ2v) is 8.41. The van der Waals surface area contributed by atoms with Crippen molar-refractivity contribution in [3.05, 3.63) is 29.8 Å². The Kier molecular flexibility index (Phi) is 12.5. The molecule has 1 aromatic rings. The third kappa shape index (κ3) is 11.0. The van der Waals surface area contributed by atoms with Crippen LogP contribution in [0, 0.1) is 0 Å². The highest BCUT2D eigenvalue weighted by molar-refractivity contribution is 7.98. The number of hydrogen-bond donors (Lipinski definition) is 7. The van der Waals surface area contributed by atoms with Crippen molar-refractivity contribution in [2.75, 3.05) is 18.6 Å². The molecule has 0 saturated heterocycles. The highest BCUT2D eigenvalue weighted by atomic mass is 32.2. The summed E-state index contributed by atoms with van der Waals surface area (Å²) in [6, 6.07) is 2.85. The van der Waals surface area contributed by atoms with Gasteiger partial charge in [0, 0.05) is 6.42 Å². The van der Waals surface area contributed by atoms with Crippen LogP contribution in [0.5, 0.6) is 5.75 Å². The lowest BCUT2D eigenvalue weighted by molar-refractivity contribution is -0.143. The van der Waals surface area contributed by atoms with Crippen molar-refractivity contribution in [1.29, 1.82) is 0 Å². The zero-order valence-electron chi connectivity index (χ0n) is 18.7. The average Bonchev–Trinajstić information content (AvgIpc) is 2.78. The maximum Gasteiger partial charge on any atom is 0.326 e. The predicted octanol–water partition coefficient (Wildman–Crippen LogP) is -0.950. The van der Waals surface area contributed by atoms with E-state index >= 15 is 0 Å². The molecule has 12 nitrogen and oxygen atoms in total. The number of thioether (sulfide) groups is 1. The maximum atomic E-state index is 12.6. The van der Waals surface area contributed by atoms with Gasteiger partial charge in [0.15, 0.2) is 0 Å². The zero-order chi connectivity index (χ0) is 25.7. The minimum atomic E-state index is -1.41. The molecule has 3 unspecified atom stereocenters. The molecule has 8 N–H and O–H groups in total. The third-order valence-corrected chi connectivity index (χ3v) is 5.32. The first-order valence-corrected chi connectivity index (χ1v) is 11.8. The molecule has 13 heteroatoms. The zero-order valence-corrected chi connectivity index (χ0v) is 19.5. The highest BCUT2D eigenvalue weighted by Crippen LogP contribution is 2.11. The van der Waals surface area contributed by atoms with Crippen LogP contribution in [0.3, 0.4) is 0 Å². The van der Waals surface area contributed by atoms with Crippen molar-refractivity contribution < 1.29 is 39.3 Å². The first kappa shape index (κ1) is 28.7. The van der Waals surface area contributed by atoms with Gasteiger partial charge < -0.3 is 37.0 Å². The fourth-order valence-corrected chi connectivity index (χ4v) is 3.29. The average molecular weight is 499 g/mol. The van der Waals surface area contributed by atoms with Crippen molar-refractivity contribution in [1.82, 2.24) is 16.0 Å². The van der Waals surface area contributed by atoms with E-state index in [-0.39, 0.29) is 25.0 Å². The molecule has 0 aliphatic rings. The largest absolute Gasteiger partial charge is 0.508 e. The molecule has 0 radical (unpaired) electrons. The van der Waals surface area contributed by atoms with Gasteiger partial charge in [0.25, 0.3) is 0 Å². The van der Waals surface area contributed by atoms with Gasteiger partial charge in [0.05, 0.1) is 12.6 Å². The van der Waals surface area contributed by atoms with Gasteiger partial charge in [-0.15, -0.1) is 0 Å². The SMILES string of the molecule is CSCCC(NC(=O)C(N)Cc1ccc(O)cc1)C(=O)NCC(=O)NC(CCC(=O)O)C(=O)O. The molecule has 0 bridgehead atoms. The first-order valence-electron chi connectivity index (χ1n) is 10.4. The summed E-state index contributed by atoms with van der Waals surface area (Å²) in [7, 11) is 0. The number of aliphatic carboxylic acids is 2. The van der Waals surface area contributed by atoms with Crippen LogP contribution >= 0.6 is 11.8 Å². The molecule has 0 aliphatic carbocycles. The van der Waals surface area contributed by atoms with Crippen LogP contribution in [0.25, 0.3) is 0 Å². The minimum absolute atomic E-state index is 0.0798. The Hall–Kier alpha value is -3.32. The molecule has 0 aliphatic heterocycles. The Morgan fingerprint density at radius 2 is 1.62 bits per heavy atom. The van der Waals surface area contributed by atoms with Gasteiger partial charge in [-0.2, -0.15) is 11.8 Å². The molecule has 0 heterocycles. The summed E-state index contributed by atoms with van der Waals surface area (Å²) in [5.74, 6) is -4.02. The molecule has 0 spiro atoms. The van der Waals surface area contributed by atoms with E-state index < -0.39 is 60.8 Å². The number of carbonyl (C=O) groups excluding carboxylic acids is 3. The monoisotopic (exact) mass is 498 g/mol. The molecular formula is C21H30N4O8S. The molecule has 1 rings (SSSR count). The summed E-state index contributed by atoms with van der Waals surface area (Å²) in [6.45, 7) is -0.555. The topological polar surface area (TPSA) is 208 Å². The number of nitrogens with two attached hydrogens (primary N) is 1. The van der Waals surface area contributed by atoms with E-state index in [2.05, 4.69) is 16.0 Å². The standard InChI is InChI=1S/C21H30N4O8S/c1-34-9-8-15(25-19(30)14(22)10-12-2-4-13(26)5-3-12)20(31)23-11-17(27)24-16(21(32)33)6-7-18(28)29/h2-5,14-16,26H,6-11,22H2,1H3,(H,23,31)(H,24,27)(H,25,30)(H,28,29)(H,32,33). The molecule has 1 aromatic carbocycles. The van der Waals surface area contributed by atoms with Crippen LogP contribution in [0.2, 0.25) is 0 Å². The molecule has 188 valence electrons. The number of hydrogen-bond acceptors (Lipinski definition) is 8. The summed E-state index contributed by atoms with van der Waals surface area (Å²) >= 11 is 1.45. The normalized spacial score (nSPS) is 13.2. The summed E-state index contributed by atoms with van der Waals surface area (Å²) in [4.78, 5) is 58.9. The maximum absolute atomic E-state index is 12.6. The smallest absolute Gasteiger partial charge is 0.326 e. The van der Waals surface area contributed by atoms with Crippen molar-refractivity contribution in [3.63, 3.8) is 0 Å². The summed E-state index contributed by atoms with van der Waals surface area (Å²) in [6.07, 6.45) is 1.51. The van der Waals surface area contributed by atoms with Crippen molar-refractivity contribution in [3.8, 4) is 5.75 Å². The first-order chi connectivity index (χ1) is 16.0. The highest BCUT2D eigenvalue weighted by Gasteiger charge is 2.25. The second kappa shape index (κ2) is 14.8. The van der Waals surface area contributed by atoms with Gasteiger partial charge in [-0.1, -0.05) is 12.1 Å². The number of phenolic OH excluding ortho intramolecular Hbond substituents is 1. The molecule has 34 heavy (non-hydrogen) atoms. The number of benzene rings is 1. The summed E-state index contributed by atoms with van der Waals surface area (Å²) in [5, 5.41) is 34.2. The Morgan fingerprint density at radius 3 is 2.18 bits per heavy atom. The fourth-order valence-electron chi connectivity index (χ4n) is 2.82. The number of carboxylic acid groups (broad SMARTS) is 2. The van der Waals surface area contributed by atoms with Gasteiger partial charge in [-0.3, -0.25) is 19.2 Å². The van der Waals surface area contributed by atoms with Crippen LogP contribution in [0.15, 0.2) is 24.3 Å². The number of aromatic hydroxyl groups is 1. The summed E-state index contributed by atoms with van der Waals surface area (Å²) < 4.78 is 0. The Balaban J connectivity index is 2.65. The number of phenols is 1. The lowest BCUT2D eigenvalue weighted by atomic mass is 10.1. The lowest BCUT2D eigenvalue weighted by Crippen LogP contribution is -2.54. The fraction of sp³-hybridized carbons (Fsp3) is 0.476. The molecule has 0 saturated carbocycles. The van der Waals surface area contributed by atoms with Crippen molar-refractivity contribution in [2.45, 2.75) is 43.8 Å². The van der Waals surface area contributed by atoms with E-state index in [0.717, 1.165) is 5.56 Å². The Morgan fingerprint density at radius 1 is 0.971 bits per heavy atom. The van der Waals surface area contributed by atoms with E-state index in [1.54, 1.807) is 12.1 Å². The predicted molar refractivity (Wildman–Crippen MR) is 124 cm³/mol. The number of rotatable bonds is 15. The van der Waals surface area contributed by atoms with Crippen molar-refractivity contribution in [2.24, 2.45) is 5.73 Å². The molecule has 0 fully saturated rings. The summed E-state index contributed by atoms with van der Waals surface area (Å²) in [5.41, 5.74) is 6.67. The van der Waals surface area contributed by atoms with Gasteiger partial charge in [-0.05, 0) is 49.0 Å². The van der Waals surface area contributed by atoms with Gasteiger partial charge in [0.2, 0.25) is 17.7 Å².